The summed E-state index contributed by atoms with van der Waals surface area (Å²) < 4.78 is 16.3. The van der Waals surface area contributed by atoms with Crippen molar-refractivity contribution in [1.29, 1.82) is 0 Å². The smallest absolute Gasteiger partial charge is 0.173 e. The first kappa shape index (κ1) is 34.5. The van der Waals surface area contributed by atoms with Crippen molar-refractivity contribution in [3.05, 3.63) is 0 Å². The van der Waals surface area contributed by atoms with E-state index < -0.39 is 16.6 Å². The van der Waals surface area contributed by atoms with Gasteiger partial charge in [-0.3, -0.25) is 0 Å². The molecule has 23 heavy (non-hydrogen) atoms. The van der Waals surface area contributed by atoms with Crippen LogP contribution in [0.25, 0.3) is 0 Å². The van der Waals surface area contributed by atoms with E-state index in [0.717, 1.165) is 24.9 Å². The summed E-state index contributed by atoms with van der Waals surface area (Å²) in [4.78, 5) is 0. The molecule has 0 radical (unpaired) electrons. The largest absolute Gasteiger partial charge is 0.455 e. The minimum absolute atomic E-state index is 0. The number of rotatable bonds is 12. The molecule has 0 rings (SSSR count). The first-order valence-corrected chi connectivity index (χ1v) is 13.1. The molecule has 0 aliphatic rings. The highest BCUT2D eigenvalue weighted by Crippen LogP contribution is 2.23. The molecular weight excluding hydrogens is 328 g/mol. The molecule has 0 amide bonds. The van der Waals surface area contributed by atoms with Gasteiger partial charge < -0.3 is 23.8 Å². The zero-order chi connectivity index (χ0) is 14.8. The molecule has 0 aliphatic heterocycles. The van der Waals surface area contributed by atoms with Gasteiger partial charge >= 0.3 is 0 Å². The normalized spacial score (nSPS) is 10.7. The minimum Gasteiger partial charge on any atom is -0.455 e. The Morgan fingerprint density at radius 3 is 1.22 bits per heavy atom. The molecule has 0 aromatic carbocycles. The Hall–Kier alpha value is 0.234. The van der Waals surface area contributed by atoms with E-state index in [9.17, 15) is 0 Å². The number of ether oxygens (including phenoxy) is 2. The molecule has 0 atom stereocenters. The fraction of sp³-hybridized carbons (Fsp3) is 1.00. The van der Waals surface area contributed by atoms with E-state index in [1.165, 1.54) is 0 Å². The summed E-state index contributed by atoms with van der Waals surface area (Å²) in [7, 11) is -3.29. The lowest BCUT2D eigenvalue weighted by molar-refractivity contribution is -0.00119. The number of aliphatic hydroxyl groups excluding tert-OH is 2. The standard InChI is InChI=1S/C12H30O5Si2.4CH4/c1-18(2,9-5-7-15-11-13)17-19(3,4)10-6-8-16-12-14;;;;/h13-14H,5-12H2,1-4H3;4*1H4. The van der Waals surface area contributed by atoms with Gasteiger partial charge in [-0.05, 0) is 51.1 Å². The molecule has 0 spiro atoms. The number of hydrogen-bond donors (Lipinski definition) is 2. The molecule has 148 valence electrons. The Morgan fingerprint density at radius 2 is 0.957 bits per heavy atom. The molecule has 0 aliphatic carbocycles. The molecule has 0 aromatic rings. The van der Waals surface area contributed by atoms with Crippen molar-refractivity contribution in [1.82, 2.24) is 0 Å². The molecule has 0 fully saturated rings. The summed E-state index contributed by atoms with van der Waals surface area (Å²) in [5.41, 5.74) is 0. The second-order valence-electron chi connectivity index (χ2n) is 5.90. The van der Waals surface area contributed by atoms with Crippen LogP contribution in [0.2, 0.25) is 38.3 Å². The summed E-state index contributed by atoms with van der Waals surface area (Å²) >= 11 is 0. The predicted molar refractivity (Wildman–Crippen MR) is 108 cm³/mol. The molecule has 5 nitrogen and oxygen atoms in total. The van der Waals surface area contributed by atoms with Crippen molar-refractivity contribution in [3.8, 4) is 0 Å². The second-order valence-corrected chi connectivity index (χ2v) is 14.8. The average molecular weight is 375 g/mol. The van der Waals surface area contributed by atoms with E-state index in [4.69, 9.17) is 23.8 Å². The average Bonchev–Trinajstić information content (AvgIpc) is 2.29. The molecule has 0 bridgehead atoms. The first-order valence-electron chi connectivity index (χ1n) is 6.90. The van der Waals surface area contributed by atoms with Crippen molar-refractivity contribution in [2.45, 2.75) is 80.8 Å². The Kier molecular flexibility index (Phi) is 27.9. The fourth-order valence-electron chi connectivity index (χ4n) is 2.18. The lowest BCUT2D eigenvalue weighted by Crippen LogP contribution is -2.44. The highest BCUT2D eigenvalue weighted by Gasteiger charge is 2.32. The summed E-state index contributed by atoms with van der Waals surface area (Å²) in [6.07, 6.45) is 1.88. The van der Waals surface area contributed by atoms with Gasteiger partial charge in [0, 0.05) is 13.2 Å². The van der Waals surface area contributed by atoms with Crippen molar-refractivity contribution in [3.63, 3.8) is 0 Å². The number of hydrogen-bond acceptors (Lipinski definition) is 5. The molecule has 7 heteroatoms. The zero-order valence-corrected chi connectivity index (χ0v) is 14.8. The quantitative estimate of drug-likeness (QED) is 0.295. The Bertz CT molecular complexity index is 205. The van der Waals surface area contributed by atoms with Crippen LogP contribution in [0.1, 0.15) is 42.5 Å². The van der Waals surface area contributed by atoms with Gasteiger partial charge in [0.1, 0.15) is 13.6 Å². The van der Waals surface area contributed by atoms with Crippen LogP contribution in [0.15, 0.2) is 0 Å². The molecule has 2 N–H and O–H groups in total. The van der Waals surface area contributed by atoms with Gasteiger partial charge in [-0.15, -0.1) is 0 Å². The van der Waals surface area contributed by atoms with Crippen molar-refractivity contribution < 1.29 is 23.8 Å². The van der Waals surface area contributed by atoms with E-state index in [-0.39, 0.29) is 43.3 Å². The summed E-state index contributed by atoms with van der Waals surface area (Å²) in [5, 5.41) is 17.1. The van der Waals surface area contributed by atoms with Gasteiger partial charge in [0.25, 0.3) is 0 Å². The molecule has 0 saturated heterocycles. The monoisotopic (exact) mass is 374 g/mol. The third-order valence-corrected chi connectivity index (χ3v) is 10.4. The zero-order valence-electron chi connectivity index (χ0n) is 12.8. The van der Waals surface area contributed by atoms with Crippen molar-refractivity contribution >= 4 is 16.6 Å². The van der Waals surface area contributed by atoms with Crippen LogP contribution >= 0.6 is 0 Å². The van der Waals surface area contributed by atoms with Gasteiger partial charge in [-0.25, -0.2) is 0 Å². The van der Waals surface area contributed by atoms with Crippen molar-refractivity contribution in [2.75, 3.05) is 26.8 Å². The van der Waals surface area contributed by atoms with Crippen LogP contribution in [0, 0.1) is 0 Å². The highest BCUT2D eigenvalue weighted by atomic mass is 28.4. The van der Waals surface area contributed by atoms with Crippen LogP contribution in [0.4, 0.5) is 0 Å². The maximum Gasteiger partial charge on any atom is 0.173 e. The summed E-state index contributed by atoms with van der Waals surface area (Å²) in [6.45, 7) is 9.76. The number of aliphatic hydroxyl groups is 2. The maximum absolute atomic E-state index is 8.56. The fourth-order valence-corrected chi connectivity index (χ4v) is 11.0. The SMILES string of the molecule is C.C.C.C.C[Si](C)(CCCOCO)O[Si](C)(C)CCCOCO. The third-order valence-electron chi connectivity index (χ3n) is 2.87. The van der Waals surface area contributed by atoms with Crippen LogP contribution in [0.5, 0.6) is 0 Å². The van der Waals surface area contributed by atoms with Gasteiger partial charge in [-0.1, -0.05) is 29.7 Å². The van der Waals surface area contributed by atoms with Gasteiger partial charge in [0.05, 0.1) is 0 Å². The Balaban J connectivity index is -0.000000270. The second kappa shape index (κ2) is 18.6. The molecular formula is C16H46O5Si2. The lowest BCUT2D eigenvalue weighted by Gasteiger charge is -2.34. The minimum atomic E-state index is -1.65. The topological polar surface area (TPSA) is 68.2 Å². The first-order chi connectivity index (χ1) is 8.83. The predicted octanol–water partition coefficient (Wildman–Crippen LogP) is 4.67. The van der Waals surface area contributed by atoms with Crippen LogP contribution < -0.4 is 0 Å². The summed E-state index contributed by atoms with van der Waals surface area (Å²) in [6, 6.07) is 2.10. The van der Waals surface area contributed by atoms with Gasteiger partial charge in [-0.2, -0.15) is 0 Å². The molecule has 0 aromatic heterocycles. The molecule has 0 unspecified atom stereocenters. The highest BCUT2D eigenvalue weighted by molar-refractivity contribution is 6.84. The third kappa shape index (κ3) is 22.2. The van der Waals surface area contributed by atoms with E-state index in [1.807, 2.05) is 0 Å². The van der Waals surface area contributed by atoms with E-state index >= 15 is 0 Å². The van der Waals surface area contributed by atoms with Crippen LogP contribution in [-0.4, -0.2) is 53.6 Å². The van der Waals surface area contributed by atoms with E-state index in [2.05, 4.69) is 26.2 Å². The summed E-state index contributed by atoms with van der Waals surface area (Å²) in [5.74, 6) is 0. The van der Waals surface area contributed by atoms with E-state index in [0.29, 0.717) is 13.2 Å². The van der Waals surface area contributed by atoms with Crippen molar-refractivity contribution in [2.24, 2.45) is 0 Å². The Labute approximate surface area is 148 Å². The van der Waals surface area contributed by atoms with Gasteiger partial charge in [0.2, 0.25) is 0 Å². The van der Waals surface area contributed by atoms with E-state index in [1.54, 1.807) is 0 Å². The van der Waals surface area contributed by atoms with Crippen LogP contribution in [-0.2, 0) is 13.6 Å². The van der Waals surface area contributed by atoms with Gasteiger partial charge in [0.15, 0.2) is 16.6 Å². The van der Waals surface area contributed by atoms with Crippen LogP contribution in [0.3, 0.4) is 0 Å². The molecule has 0 saturated carbocycles. The lowest BCUT2D eigenvalue weighted by atomic mass is 10.5. The Morgan fingerprint density at radius 1 is 0.652 bits per heavy atom. The maximum atomic E-state index is 8.56. The molecule has 0 heterocycles.